The number of hydrogen-bond donors (Lipinski definition) is 2. The first-order valence-electron chi connectivity index (χ1n) is 8.85. The molecule has 2 aromatic carbocycles. The van der Waals surface area contributed by atoms with Gasteiger partial charge in [0.15, 0.2) is 0 Å². The van der Waals surface area contributed by atoms with E-state index in [2.05, 4.69) is 10.6 Å². The van der Waals surface area contributed by atoms with Gasteiger partial charge in [0.25, 0.3) is 0 Å². The number of sulfonamides is 1. The van der Waals surface area contributed by atoms with Gasteiger partial charge in [-0.25, -0.2) is 13.2 Å². The first-order valence-corrected chi connectivity index (χ1v) is 10.7. The zero-order valence-corrected chi connectivity index (χ0v) is 16.3. The molecule has 2 N–H and O–H groups in total. The van der Waals surface area contributed by atoms with Crippen LogP contribution in [0.25, 0.3) is 0 Å². The Kier molecular flexibility index (Phi) is 6.36. The molecule has 0 aliphatic carbocycles. The van der Waals surface area contributed by atoms with Crippen LogP contribution in [-0.2, 0) is 10.0 Å². The monoisotopic (exact) mass is 407 g/mol. The summed E-state index contributed by atoms with van der Waals surface area (Å²) in [5, 5.41) is 5.72. The average Bonchev–Trinajstić information content (AvgIpc) is 2.67. The highest BCUT2D eigenvalue weighted by molar-refractivity contribution is 7.89. The van der Waals surface area contributed by atoms with Crippen molar-refractivity contribution in [3.8, 4) is 0 Å². The number of halogens is 1. The van der Waals surface area contributed by atoms with Crippen molar-refractivity contribution in [3.05, 3.63) is 59.6 Å². The summed E-state index contributed by atoms with van der Waals surface area (Å²) in [4.78, 5) is 12.2. The molecule has 0 saturated carbocycles. The van der Waals surface area contributed by atoms with E-state index in [0.29, 0.717) is 18.7 Å². The Morgan fingerprint density at radius 3 is 2.52 bits per heavy atom. The van der Waals surface area contributed by atoms with Crippen LogP contribution in [0.15, 0.2) is 59.5 Å². The minimum atomic E-state index is -3.72. The highest BCUT2D eigenvalue weighted by Gasteiger charge is 2.34. The first kappa shape index (κ1) is 19.7. The van der Waals surface area contributed by atoms with Crippen molar-refractivity contribution in [2.45, 2.75) is 30.2 Å². The third-order valence-electron chi connectivity index (χ3n) is 4.53. The molecule has 1 heterocycles. The van der Waals surface area contributed by atoms with Crippen LogP contribution < -0.4 is 10.6 Å². The first-order chi connectivity index (χ1) is 13.0. The number of carbonyl (C=O) groups excluding carboxylic acids is 1. The quantitative estimate of drug-likeness (QED) is 0.793. The summed E-state index contributed by atoms with van der Waals surface area (Å²) in [7, 11) is -3.72. The van der Waals surface area contributed by atoms with Gasteiger partial charge in [0.05, 0.1) is 5.02 Å². The van der Waals surface area contributed by atoms with E-state index < -0.39 is 10.0 Å². The van der Waals surface area contributed by atoms with Gasteiger partial charge in [-0.1, -0.05) is 48.4 Å². The van der Waals surface area contributed by atoms with Gasteiger partial charge in [0.2, 0.25) is 10.0 Å². The molecule has 3 rings (SSSR count). The number of benzene rings is 2. The molecule has 0 unspecified atom stereocenters. The largest absolute Gasteiger partial charge is 0.336 e. The Morgan fingerprint density at radius 1 is 1.07 bits per heavy atom. The summed E-state index contributed by atoms with van der Waals surface area (Å²) < 4.78 is 27.6. The fourth-order valence-corrected chi connectivity index (χ4v) is 5.37. The summed E-state index contributed by atoms with van der Waals surface area (Å²) in [6, 6.07) is 14.9. The molecule has 2 amide bonds. The van der Waals surface area contributed by atoms with Crippen molar-refractivity contribution in [1.29, 1.82) is 0 Å². The number of hydrogen-bond acceptors (Lipinski definition) is 3. The van der Waals surface area contributed by atoms with Gasteiger partial charge in [0, 0.05) is 24.8 Å². The summed E-state index contributed by atoms with van der Waals surface area (Å²) in [5.74, 6) is 0. The predicted molar refractivity (Wildman–Crippen MR) is 106 cm³/mol. The van der Waals surface area contributed by atoms with Crippen LogP contribution in [0.4, 0.5) is 10.5 Å². The molecule has 2 aromatic rings. The second kappa shape index (κ2) is 8.73. The van der Waals surface area contributed by atoms with Gasteiger partial charge in [-0.3, -0.25) is 0 Å². The summed E-state index contributed by atoms with van der Waals surface area (Å²) in [6.07, 6.45) is 2.40. The number of anilines is 1. The summed E-state index contributed by atoms with van der Waals surface area (Å²) in [6.45, 7) is 0.655. The van der Waals surface area contributed by atoms with E-state index in [-0.39, 0.29) is 28.5 Å². The predicted octanol–water partition coefficient (Wildman–Crippen LogP) is 3.70. The van der Waals surface area contributed by atoms with Crippen molar-refractivity contribution in [3.63, 3.8) is 0 Å². The van der Waals surface area contributed by atoms with E-state index in [1.165, 1.54) is 10.4 Å². The van der Waals surface area contributed by atoms with Crippen molar-refractivity contribution < 1.29 is 13.2 Å². The number of para-hydroxylation sites is 1. The molecule has 1 aliphatic heterocycles. The van der Waals surface area contributed by atoms with Crippen molar-refractivity contribution in [1.82, 2.24) is 9.62 Å². The topological polar surface area (TPSA) is 78.5 Å². The van der Waals surface area contributed by atoms with Crippen LogP contribution in [0.1, 0.15) is 19.3 Å². The van der Waals surface area contributed by atoms with Crippen LogP contribution in [0.5, 0.6) is 0 Å². The zero-order valence-electron chi connectivity index (χ0n) is 14.8. The maximum atomic E-state index is 13.1. The molecule has 1 fully saturated rings. The van der Waals surface area contributed by atoms with Crippen LogP contribution in [0.3, 0.4) is 0 Å². The maximum Gasteiger partial charge on any atom is 0.319 e. The second-order valence-corrected chi connectivity index (χ2v) is 8.66. The summed E-state index contributed by atoms with van der Waals surface area (Å²) in [5.41, 5.74) is 0.680. The molecule has 0 aromatic heterocycles. The highest BCUT2D eigenvalue weighted by atomic mass is 35.5. The van der Waals surface area contributed by atoms with Crippen LogP contribution in [0, 0.1) is 0 Å². The lowest BCUT2D eigenvalue weighted by Crippen LogP contribution is -2.49. The van der Waals surface area contributed by atoms with E-state index in [1.54, 1.807) is 30.3 Å². The lowest BCUT2D eigenvalue weighted by molar-refractivity contribution is 0.231. The van der Waals surface area contributed by atoms with Gasteiger partial charge >= 0.3 is 6.03 Å². The fraction of sp³-hybridized carbons (Fsp3) is 0.316. The molecule has 1 aliphatic rings. The van der Waals surface area contributed by atoms with E-state index >= 15 is 0 Å². The van der Waals surface area contributed by atoms with E-state index in [4.69, 9.17) is 11.6 Å². The Balaban J connectivity index is 1.68. The molecule has 0 radical (unpaired) electrons. The SMILES string of the molecule is O=C(NC[C@H]1CCCCN1S(=O)(=O)c1ccccc1Cl)Nc1ccccc1. The van der Waals surface area contributed by atoms with Crippen molar-refractivity contribution in [2.75, 3.05) is 18.4 Å². The molecule has 8 heteroatoms. The number of amides is 2. The number of piperidine rings is 1. The molecule has 1 atom stereocenters. The van der Waals surface area contributed by atoms with Crippen LogP contribution in [-0.4, -0.2) is 37.9 Å². The molecule has 1 saturated heterocycles. The zero-order chi connectivity index (χ0) is 19.3. The third kappa shape index (κ3) is 4.80. The van der Waals surface area contributed by atoms with Gasteiger partial charge in [0.1, 0.15) is 4.90 Å². The van der Waals surface area contributed by atoms with Crippen molar-refractivity contribution in [2.24, 2.45) is 0 Å². The second-order valence-electron chi connectivity index (χ2n) is 6.40. The van der Waals surface area contributed by atoms with Crippen molar-refractivity contribution >= 4 is 33.3 Å². The fourth-order valence-electron chi connectivity index (χ4n) is 3.18. The smallest absolute Gasteiger partial charge is 0.319 e. The highest BCUT2D eigenvalue weighted by Crippen LogP contribution is 2.29. The van der Waals surface area contributed by atoms with Gasteiger partial charge in [-0.15, -0.1) is 0 Å². The Morgan fingerprint density at radius 2 is 1.78 bits per heavy atom. The Bertz CT molecular complexity index is 890. The molecule has 27 heavy (non-hydrogen) atoms. The normalized spacial score (nSPS) is 18.0. The third-order valence-corrected chi connectivity index (χ3v) is 6.98. The van der Waals surface area contributed by atoms with Crippen LogP contribution >= 0.6 is 11.6 Å². The number of rotatable bonds is 5. The average molecular weight is 408 g/mol. The molecule has 144 valence electrons. The van der Waals surface area contributed by atoms with E-state index in [9.17, 15) is 13.2 Å². The number of carbonyl (C=O) groups is 1. The number of nitrogens with zero attached hydrogens (tertiary/aromatic N) is 1. The van der Waals surface area contributed by atoms with Gasteiger partial charge < -0.3 is 10.6 Å². The molecule has 6 nitrogen and oxygen atoms in total. The lowest BCUT2D eigenvalue weighted by Gasteiger charge is -2.35. The Labute approximate surface area is 164 Å². The lowest BCUT2D eigenvalue weighted by atomic mass is 10.1. The van der Waals surface area contributed by atoms with Gasteiger partial charge in [-0.05, 0) is 37.1 Å². The van der Waals surface area contributed by atoms with E-state index in [0.717, 1.165) is 12.8 Å². The Hall–Kier alpha value is -2.09. The standard InChI is InChI=1S/C19H22ClN3O3S/c20-17-11-4-5-12-18(17)27(25,26)23-13-7-6-10-16(23)14-21-19(24)22-15-8-2-1-3-9-15/h1-5,8-9,11-12,16H,6-7,10,13-14H2,(H2,21,22,24)/t16-/m1/s1. The van der Waals surface area contributed by atoms with Crippen LogP contribution in [0.2, 0.25) is 5.02 Å². The van der Waals surface area contributed by atoms with Gasteiger partial charge in [-0.2, -0.15) is 4.31 Å². The minimum Gasteiger partial charge on any atom is -0.336 e. The minimum absolute atomic E-state index is 0.104. The summed E-state index contributed by atoms with van der Waals surface area (Å²) >= 11 is 6.11. The number of nitrogens with one attached hydrogen (secondary N) is 2. The maximum absolute atomic E-state index is 13.1. The molecular weight excluding hydrogens is 386 g/mol. The molecule has 0 bridgehead atoms. The number of urea groups is 1. The molecule has 0 spiro atoms. The van der Waals surface area contributed by atoms with E-state index in [1.807, 2.05) is 18.2 Å². The molecular formula is C19H22ClN3O3S.